The third kappa shape index (κ3) is 3.12. The average molecular weight is 268 g/mol. The van der Waals surface area contributed by atoms with Gasteiger partial charge in [-0.15, -0.1) is 11.3 Å². The molecule has 3 nitrogen and oxygen atoms in total. The smallest absolute Gasteiger partial charge is 0.0593 e. The summed E-state index contributed by atoms with van der Waals surface area (Å²) in [7, 11) is 0. The first-order valence-electron chi connectivity index (χ1n) is 6.89. The molecule has 2 unspecified atom stereocenters. The van der Waals surface area contributed by atoms with Crippen LogP contribution in [0.4, 0.5) is 0 Å². The molecule has 0 spiro atoms. The molecular formula is C14H24N2OS. The molecule has 1 fully saturated rings. The maximum Gasteiger partial charge on any atom is 0.0593 e. The Morgan fingerprint density at radius 3 is 2.78 bits per heavy atom. The Balaban J connectivity index is 2.13. The van der Waals surface area contributed by atoms with Crippen LogP contribution in [0.15, 0.2) is 17.5 Å². The SMILES string of the molecule is CC(N)C(c1cccs1)N(CCCO)C1CCC1. The van der Waals surface area contributed by atoms with Crippen molar-refractivity contribution in [2.45, 2.75) is 50.7 Å². The van der Waals surface area contributed by atoms with Crippen LogP contribution in [0.1, 0.15) is 43.5 Å². The lowest BCUT2D eigenvalue weighted by atomic mass is 9.89. The molecule has 0 aliphatic heterocycles. The molecule has 1 aromatic heterocycles. The van der Waals surface area contributed by atoms with Crippen molar-refractivity contribution in [3.8, 4) is 0 Å². The zero-order valence-corrected chi connectivity index (χ0v) is 11.9. The van der Waals surface area contributed by atoms with E-state index in [-0.39, 0.29) is 12.6 Å². The molecule has 1 aliphatic carbocycles. The highest BCUT2D eigenvalue weighted by Gasteiger charge is 2.33. The lowest BCUT2D eigenvalue weighted by Crippen LogP contribution is -2.48. The summed E-state index contributed by atoms with van der Waals surface area (Å²) in [4.78, 5) is 3.88. The number of rotatable bonds is 7. The van der Waals surface area contributed by atoms with E-state index in [9.17, 15) is 0 Å². The average Bonchev–Trinajstić information content (AvgIpc) is 2.76. The van der Waals surface area contributed by atoms with E-state index in [1.54, 1.807) is 11.3 Å². The zero-order chi connectivity index (χ0) is 13.0. The standard InChI is InChI=1S/C14H24N2OS/c1-11(15)14(13-7-3-10-18-13)16(8-4-9-17)12-5-2-6-12/h3,7,10-12,14,17H,2,4-6,8-9,15H2,1H3. The molecule has 0 aromatic carbocycles. The third-order valence-electron chi connectivity index (χ3n) is 3.81. The van der Waals surface area contributed by atoms with Crippen LogP contribution in [0, 0.1) is 0 Å². The first-order valence-corrected chi connectivity index (χ1v) is 7.77. The Kier molecular flexibility index (Phi) is 5.18. The molecule has 0 amide bonds. The van der Waals surface area contributed by atoms with Gasteiger partial charge in [0.15, 0.2) is 0 Å². The van der Waals surface area contributed by atoms with E-state index < -0.39 is 0 Å². The van der Waals surface area contributed by atoms with Gasteiger partial charge in [0.25, 0.3) is 0 Å². The maximum absolute atomic E-state index is 9.08. The van der Waals surface area contributed by atoms with Crippen molar-refractivity contribution >= 4 is 11.3 Å². The minimum Gasteiger partial charge on any atom is -0.396 e. The van der Waals surface area contributed by atoms with E-state index in [2.05, 4.69) is 29.3 Å². The second-order valence-electron chi connectivity index (χ2n) is 5.22. The van der Waals surface area contributed by atoms with E-state index in [1.165, 1.54) is 24.1 Å². The second kappa shape index (κ2) is 6.66. The van der Waals surface area contributed by atoms with Gasteiger partial charge in [-0.1, -0.05) is 12.5 Å². The van der Waals surface area contributed by atoms with Gasteiger partial charge >= 0.3 is 0 Å². The second-order valence-corrected chi connectivity index (χ2v) is 6.20. The number of hydrogen-bond donors (Lipinski definition) is 2. The zero-order valence-electron chi connectivity index (χ0n) is 11.1. The van der Waals surface area contributed by atoms with Crippen molar-refractivity contribution in [3.05, 3.63) is 22.4 Å². The van der Waals surface area contributed by atoms with Crippen LogP contribution < -0.4 is 5.73 Å². The van der Waals surface area contributed by atoms with E-state index >= 15 is 0 Å². The van der Waals surface area contributed by atoms with Crippen molar-refractivity contribution in [1.82, 2.24) is 4.90 Å². The van der Waals surface area contributed by atoms with Crippen LogP contribution in [0.3, 0.4) is 0 Å². The van der Waals surface area contributed by atoms with Crippen LogP contribution in [0.5, 0.6) is 0 Å². The fourth-order valence-electron chi connectivity index (χ4n) is 2.70. The molecule has 4 heteroatoms. The number of thiophene rings is 1. The summed E-state index contributed by atoms with van der Waals surface area (Å²) in [5.74, 6) is 0. The monoisotopic (exact) mass is 268 g/mol. The van der Waals surface area contributed by atoms with Gasteiger partial charge in [0.1, 0.15) is 0 Å². The summed E-state index contributed by atoms with van der Waals surface area (Å²) in [6, 6.07) is 5.38. The van der Waals surface area contributed by atoms with Crippen LogP contribution in [0.2, 0.25) is 0 Å². The largest absolute Gasteiger partial charge is 0.396 e. The Hall–Kier alpha value is -0.420. The predicted octanol–water partition coefficient (Wildman–Crippen LogP) is 2.37. The molecule has 2 atom stereocenters. The highest BCUT2D eigenvalue weighted by Crippen LogP contribution is 2.35. The number of hydrogen-bond acceptors (Lipinski definition) is 4. The van der Waals surface area contributed by atoms with E-state index in [1.807, 2.05) is 0 Å². The molecule has 1 aliphatic rings. The molecule has 1 heterocycles. The summed E-state index contributed by atoms with van der Waals surface area (Å²) in [5, 5.41) is 11.2. The molecule has 1 aromatic rings. The third-order valence-corrected chi connectivity index (χ3v) is 4.75. The van der Waals surface area contributed by atoms with Gasteiger partial charge in [-0.25, -0.2) is 0 Å². The van der Waals surface area contributed by atoms with Gasteiger partial charge in [-0.2, -0.15) is 0 Å². The van der Waals surface area contributed by atoms with E-state index in [0.29, 0.717) is 12.1 Å². The van der Waals surface area contributed by atoms with Crippen molar-refractivity contribution in [1.29, 1.82) is 0 Å². The molecule has 2 rings (SSSR count). The van der Waals surface area contributed by atoms with Gasteiger partial charge in [0.05, 0.1) is 6.04 Å². The fourth-order valence-corrected chi connectivity index (χ4v) is 3.67. The Morgan fingerprint density at radius 2 is 2.33 bits per heavy atom. The topological polar surface area (TPSA) is 49.5 Å². The minimum atomic E-state index is 0.128. The van der Waals surface area contributed by atoms with E-state index in [0.717, 1.165) is 13.0 Å². The number of aliphatic hydroxyl groups excluding tert-OH is 1. The molecule has 102 valence electrons. The first-order chi connectivity index (χ1) is 8.74. The normalized spacial score (nSPS) is 19.8. The summed E-state index contributed by atoms with van der Waals surface area (Å²) < 4.78 is 0. The molecule has 0 radical (unpaired) electrons. The summed E-state index contributed by atoms with van der Waals surface area (Å²) >= 11 is 1.79. The summed E-state index contributed by atoms with van der Waals surface area (Å²) in [6.07, 6.45) is 4.72. The van der Waals surface area contributed by atoms with Crippen LogP contribution >= 0.6 is 11.3 Å². The molecular weight excluding hydrogens is 244 g/mol. The van der Waals surface area contributed by atoms with Gasteiger partial charge in [0.2, 0.25) is 0 Å². The van der Waals surface area contributed by atoms with Crippen LogP contribution in [-0.2, 0) is 0 Å². The number of aliphatic hydroxyl groups is 1. The quantitative estimate of drug-likeness (QED) is 0.798. The molecule has 0 bridgehead atoms. The minimum absolute atomic E-state index is 0.128. The fraction of sp³-hybridized carbons (Fsp3) is 0.714. The lowest BCUT2D eigenvalue weighted by molar-refractivity contribution is 0.0629. The molecule has 0 saturated heterocycles. The molecule has 18 heavy (non-hydrogen) atoms. The maximum atomic E-state index is 9.08. The van der Waals surface area contributed by atoms with Crippen molar-refractivity contribution in [3.63, 3.8) is 0 Å². The lowest BCUT2D eigenvalue weighted by Gasteiger charge is -2.43. The van der Waals surface area contributed by atoms with Gasteiger partial charge in [0, 0.05) is 30.1 Å². The number of nitrogens with two attached hydrogens (primary N) is 1. The van der Waals surface area contributed by atoms with E-state index in [4.69, 9.17) is 10.8 Å². The van der Waals surface area contributed by atoms with Crippen LogP contribution in [0.25, 0.3) is 0 Å². The Labute approximate surface area is 114 Å². The highest BCUT2D eigenvalue weighted by atomic mass is 32.1. The van der Waals surface area contributed by atoms with Crippen molar-refractivity contribution < 1.29 is 5.11 Å². The summed E-state index contributed by atoms with van der Waals surface area (Å²) in [5.41, 5.74) is 6.22. The first kappa shape index (κ1) is 14.0. The Bertz CT molecular complexity index is 336. The summed E-state index contributed by atoms with van der Waals surface area (Å²) in [6.45, 7) is 3.31. The molecule has 1 saturated carbocycles. The highest BCUT2D eigenvalue weighted by molar-refractivity contribution is 7.10. The van der Waals surface area contributed by atoms with Gasteiger partial charge < -0.3 is 10.8 Å². The number of nitrogens with zero attached hydrogens (tertiary/aromatic N) is 1. The van der Waals surface area contributed by atoms with Gasteiger partial charge in [-0.05, 0) is 37.6 Å². The van der Waals surface area contributed by atoms with Crippen molar-refractivity contribution in [2.24, 2.45) is 5.73 Å². The van der Waals surface area contributed by atoms with Gasteiger partial charge in [-0.3, -0.25) is 4.90 Å². The van der Waals surface area contributed by atoms with Crippen LogP contribution in [-0.4, -0.2) is 35.2 Å². The van der Waals surface area contributed by atoms with Crippen molar-refractivity contribution in [2.75, 3.05) is 13.2 Å². The molecule has 3 N–H and O–H groups in total. The Morgan fingerprint density at radius 1 is 1.56 bits per heavy atom. The predicted molar refractivity (Wildman–Crippen MR) is 76.8 cm³/mol.